The number of carbonyl (C=O) groups is 1. The zero-order chi connectivity index (χ0) is 38.1. The molecule has 20 heteroatoms. The quantitative estimate of drug-likeness (QED) is 0.198. The Labute approximate surface area is 298 Å². The number of benzene rings is 1. The highest BCUT2D eigenvalue weighted by molar-refractivity contribution is 5.90. The predicted molar refractivity (Wildman–Crippen MR) is 178 cm³/mol. The van der Waals surface area contributed by atoms with Gasteiger partial charge < -0.3 is 24.6 Å². The van der Waals surface area contributed by atoms with Crippen LogP contribution < -0.4 is 30.5 Å². The number of rotatable bonds is 9. The lowest BCUT2D eigenvalue weighted by Crippen LogP contribution is -2.47. The number of ether oxygens (including phenoxy) is 2. The highest BCUT2D eigenvalue weighted by atomic mass is 19.4. The molecule has 1 fully saturated rings. The number of hydrogen-bond acceptors (Lipinski definition) is 12. The number of anilines is 4. The number of carbonyl (C=O) groups excluding carboxylic acids is 1. The van der Waals surface area contributed by atoms with E-state index in [1.54, 1.807) is 24.0 Å². The van der Waals surface area contributed by atoms with Crippen LogP contribution in [0.4, 0.5) is 54.4 Å². The van der Waals surface area contributed by atoms with Gasteiger partial charge in [0, 0.05) is 44.7 Å². The molecule has 6 rings (SSSR count). The fourth-order valence-electron chi connectivity index (χ4n) is 6.49. The Morgan fingerprint density at radius 3 is 2.25 bits per heavy atom. The van der Waals surface area contributed by atoms with Crippen LogP contribution in [-0.2, 0) is 23.5 Å². The summed E-state index contributed by atoms with van der Waals surface area (Å²) in [6.07, 6.45) is -8.70. The number of alkyl halides is 6. The van der Waals surface area contributed by atoms with E-state index in [-0.39, 0.29) is 47.7 Å². The van der Waals surface area contributed by atoms with E-state index in [1.807, 2.05) is 11.8 Å². The molecule has 1 amide bonds. The monoisotopic (exact) mass is 751 g/mol. The minimum absolute atomic E-state index is 0.0330. The van der Waals surface area contributed by atoms with Gasteiger partial charge in [-0.2, -0.15) is 26.3 Å². The van der Waals surface area contributed by atoms with Crippen LogP contribution >= 0.6 is 0 Å². The number of aromatic amines is 1. The molecule has 1 aromatic carbocycles. The second-order valence-electron chi connectivity index (χ2n) is 12.3. The lowest BCUT2D eigenvalue weighted by molar-refractivity contribution is -0.143. The minimum atomic E-state index is -5.04. The summed E-state index contributed by atoms with van der Waals surface area (Å²) in [6, 6.07) is 3.80. The standard InChI is InChI=1S/C33H35F6N9O5/c1-4-21-16-23(27-24(6-7-26(43-27)51-3)48(21)31(50)52-5-2)42-28-40-17-25(46-8-10-47(11-9-46)29-44-30(49)53-45-29)22(41-28)14-18-12-19(32(34,35)36)15-20(13-18)33(37,38)39/h6-7,12-13,15,17,21,23H,4-5,8-11,14,16H2,1-3H3,(H,40,41,42)(H,44,45,49)/t21-,23+/m1/s1. The van der Waals surface area contributed by atoms with E-state index in [0.717, 1.165) is 0 Å². The molecular weight excluding hydrogens is 716 g/mol. The number of H-pyrrole nitrogens is 1. The average molecular weight is 752 g/mol. The van der Waals surface area contributed by atoms with Crippen LogP contribution in [0.5, 0.6) is 5.88 Å². The SMILES string of the molecule is CCOC(=O)N1c2ccc(OC)nc2[C@@H](Nc2ncc(N3CCN(c4noc(=O)[nH]4)CC3)c(Cc3cc(C(F)(F)F)cc(C(F)(F)F)c3)n2)C[C@H]1CC. The van der Waals surface area contributed by atoms with Crippen molar-refractivity contribution in [1.82, 2.24) is 25.1 Å². The summed E-state index contributed by atoms with van der Waals surface area (Å²) in [5.74, 6) is -0.205. The number of nitrogens with zero attached hydrogens (tertiary/aromatic N) is 7. The molecule has 1 saturated heterocycles. The molecule has 2 aliphatic rings. The van der Waals surface area contributed by atoms with E-state index in [0.29, 0.717) is 68.2 Å². The largest absolute Gasteiger partial charge is 0.481 e. The maximum Gasteiger partial charge on any atom is 0.440 e. The normalized spacial score (nSPS) is 17.8. The molecule has 2 N–H and O–H groups in total. The third kappa shape index (κ3) is 8.10. The van der Waals surface area contributed by atoms with Gasteiger partial charge in [0.2, 0.25) is 17.8 Å². The molecule has 0 saturated carbocycles. The van der Waals surface area contributed by atoms with Crippen molar-refractivity contribution in [3.05, 3.63) is 75.2 Å². The number of pyridine rings is 1. The van der Waals surface area contributed by atoms with Gasteiger partial charge in [-0.25, -0.2) is 24.5 Å². The van der Waals surface area contributed by atoms with Gasteiger partial charge in [-0.1, -0.05) is 6.92 Å². The highest BCUT2D eigenvalue weighted by Gasteiger charge is 2.39. The summed E-state index contributed by atoms with van der Waals surface area (Å²) < 4.78 is 98.1. The van der Waals surface area contributed by atoms with Crippen molar-refractivity contribution in [1.29, 1.82) is 0 Å². The van der Waals surface area contributed by atoms with E-state index in [4.69, 9.17) is 9.47 Å². The van der Waals surface area contributed by atoms with Gasteiger partial charge in [0.1, 0.15) is 0 Å². The first kappa shape index (κ1) is 37.2. The Kier molecular flexibility index (Phi) is 10.4. The molecule has 2 aliphatic heterocycles. The summed E-state index contributed by atoms with van der Waals surface area (Å²) in [4.78, 5) is 45.9. The number of nitrogens with one attached hydrogen (secondary N) is 2. The lowest BCUT2D eigenvalue weighted by Gasteiger charge is -2.39. The molecule has 0 unspecified atom stereocenters. The molecule has 53 heavy (non-hydrogen) atoms. The van der Waals surface area contributed by atoms with Crippen molar-refractivity contribution < 1.29 is 45.1 Å². The van der Waals surface area contributed by atoms with Gasteiger partial charge in [-0.05, 0) is 54.8 Å². The Hall–Kier alpha value is -5.56. The molecule has 0 aliphatic carbocycles. The van der Waals surface area contributed by atoms with Gasteiger partial charge in [-0.15, -0.1) is 0 Å². The Morgan fingerprint density at radius 1 is 0.981 bits per heavy atom. The van der Waals surface area contributed by atoms with Crippen LogP contribution in [0, 0.1) is 0 Å². The van der Waals surface area contributed by atoms with Crippen LogP contribution in [0.1, 0.15) is 60.8 Å². The summed E-state index contributed by atoms with van der Waals surface area (Å²) in [5.41, 5.74) is -1.71. The number of fused-ring (bicyclic) bond motifs is 1. The topological polar surface area (TPSA) is 155 Å². The number of aromatic nitrogens is 5. The molecule has 5 heterocycles. The van der Waals surface area contributed by atoms with E-state index in [1.165, 1.54) is 18.2 Å². The molecule has 0 spiro atoms. The van der Waals surface area contributed by atoms with Crippen LogP contribution in [0.3, 0.4) is 0 Å². The molecule has 4 aromatic rings. The number of piperazine rings is 1. The summed E-state index contributed by atoms with van der Waals surface area (Å²) >= 11 is 0. The number of amides is 1. The molecule has 0 radical (unpaired) electrons. The van der Waals surface area contributed by atoms with E-state index >= 15 is 0 Å². The van der Waals surface area contributed by atoms with Crippen molar-refractivity contribution in [2.75, 3.05) is 59.9 Å². The van der Waals surface area contributed by atoms with Crippen LogP contribution in [0.2, 0.25) is 0 Å². The van der Waals surface area contributed by atoms with Crippen molar-refractivity contribution in [3.63, 3.8) is 0 Å². The third-order valence-corrected chi connectivity index (χ3v) is 9.00. The number of hydrogen-bond donors (Lipinski definition) is 2. The number of methoxy groups -OCH3 is 1. The summed E-state index contributed by atoms with van der Waals surface area (Å²) in [5, 5.41) is 6.95. The first-order valence-electron chi connectivity index (χ1n) is 16.7. The van der Waals surface area contributed by atoms with E-state index in [9.17, 15) is 35.9 Å². The van der Waals surface area contributed by atoms with Crippen LogP contribution in [0.15, 0.2) is 45.8 Å². The third-order valence-electron chi connectivity index (χ3n) is 9.00. The fraction of sp³-hybridized carbons (Fsp3) is 0.455. The van der Waals surface area contributed by atoms with Gasteiger partial charge in [0.05, 0.1) is 59.8 Å². The van der Waals surface area contributed by atoms with Crippen molar-refractivity contribution >= 4 is 29.4 Å². The van der Waals surface area contributed by atoms with Gasteiger partial charge in [-0.3, -0.25) is 14.4 Å². The molecule has 284 valence electrons. The summed E-state index contributed by atoms with van der Waals surface area (Å²) in [6.45, 7) is 5.06. The van der Waals surface area contributed by atoms with Crippen molar-refractivity contribution in [3.8, 4) is 5.88 Å². The fourth-order valence-corrected chi connectivity index (χ4v) is 6.49. The van der Waals surface area contributed by atoms with Crippen LogP contribution in [0.25, 0.3) is 0 Å². The lowest BCUT2D eigenvalue weighted by atomic mass is 9.93. The Bertz CT molecular complexity index is 1960. The maximum atomic E-state index is 13.8. The zero-order valence-corrected chi connectivity index (χ0v) is 28.7. The first-order chi connectivity index (χ1) is 25.2. The predicted octanol–water partition coefficient (Wildman–Crippen LogP) is 5.81. The molecular formula is C33H35F6N9O5. The average Bonchev–Trinajstić information content (AvgIpc) is 3.56. The molecule has 2 atom stereocenters. The second kappa shape index (κ2) is 14.8. The zero-order valence-electron chi connectivity index (χ0n) is 28.7. The molecule has 0 bridgehead atoms. The summed E-state index contributed by atoms with van der Waals surface area (Å²) in [7, 11) is 1.44. The Morgan fingerprint density at radius 2 is 1.66 bits per heavy atom. The van der Waals surface area contributed by atoms with Crippen molar-refractivity contribution in [2.24, 2.45) is 0 Å². The Balaban J connectivity index is 1.38. The smallest absolute Gasteiger partial charge is 0.440 e. The maximum absolute atomic E-state index is 13.8. The second-order valence-corrected chi connectivity index (χ2v) is 12.3. The van der Waals surface area contributed by atoms with E-state index in [2.05, 4.69) is 34.9 Å². The highest BCUT2D eigenvalue weighted by Crippen LogP contribution is 2.41. The molecule has 14 nitrogen and oxygen atoms in total. The van der Waals surface area contributed by atoms with Crippen LogP contribution in [-0.4, -0.2) is 77.1 Å². The van der Waals surface area contributed by atoms with Gasteiger partial charge in [0.15, 0.2) is 0 Å². The van der Waals surface area contributed by atoms with Gasteiger partial charge in [0.25, 0.3) is 0 Å². The van der Waals surface area contributed by atoms with E-state index < -0.39 is 47.8 Å². The van der Waals surface area contributed by atoms with Crippen molar-refractivity contribution in [2.45, 2.75) is 57.5 Å². The molecule has 3 aromatic heterocycles. The van der Waals surface area contributed by atoms with Gasteiger partial charge >= 0.3 is 24.2 Å². The first-order valence-corrected chi connectivity index (χ1v) is 16.7. The number of halogens is 6. The minimum Gasteiger partial charge on any atom is -0.481 e.